The van der Waals surface area contributed by atoms with Crippen LogP contribution >= 0.6 is 0 Å². The van der Waals surface area contributed by atoms with Gasteiger partial charge in [0.15, 0.2) is 0 Å². The second-order valence-electron chi connectivity index (χ2n) is 2.41. The fraction of sp³-hybridized carbons (Fsp3) is 0.0909. The van der Waals surface area contributed by atoms with Gasteiger partial charge in [-0.2, -0.15) is 0 Å². The average molecular weight is 172 g/mol. The van der Waals surface area contributed by atoms with E-state index >= 15 is 0 Å². The SMILES string of the molecule is C=CN=C(/C=C\C)c1ccccn1. The molecule has 0 N–H and O–H groups in total. The van der Waals surface area contributed by atoms with Crippen molar-refractivity contribution in [2.45, 2.75) is 6.92 Å². The van der Waals surface area contributed by atoms with Crippen molar-refractivity contribution >= 4 is 5.71 Å². The third kappa shape index (κ3) is 2.67. The van der Waals surface area contributed by atoms with Crippen molar-refractivity contribution in [3.8, 4) is 0 Å². The van der Waals surface area contributed by atoms with Crippen LogP contribution in [-0.4, -0.2) is 10.7 Å². The van der Waals surface area contributed by atoms with Gasteiger partial charge >= 0.3 is 0 Å². The maximum absolute atomic E-state index is 4.19. The quantitative estimate of drug-likeness (QED) is 0.643. The first-order chi connectivity index (χ1) is 6.38. The topological polar surface area (TPSA) is 25.2 Å². The zero-order chi connectivity index (χ0) is 9.52. The summed E-state index contributed by atoms with van der Waals surface area (Å²) >= 11 is 0. The molecule has 1 heterocycles. The van der Waals surface area contributed by atoms with Crippen molar-refractivity contribution in [1.29, 1.82) is 0 Å². The molecule has 0 radical (unpaired) electrons. The Morgan fingerprint density at radius 1 is 1.54 bits per heavy atom. The molecule has 13 heavy (non-hydrogen) atoms. The second-order valence-corrected chi connectivity index (χ2v) is 2.41. The average Bonchev–Trinajstić information content (AvgIpc) is 2.19. The van der Waals surface area contributed by atoms with Gasteiger partial charge in [0.1, 0.15) is 0 Å². The summed E-state index contributed by atoms with van der Waals surface area (Å²) in [7, 11) is 0. The first-order valence-electron chi connectivity index (χ1n) is 4.11. The second kappa shape index (κ2) is 5.04. The Hall–Kier alpha value is -1.70. The number of aromatic nitrogens is 1. The molecule has 0 unspecified atom stereocenters. The van der Waals surface area contributed by atoms with Crippen LogP contribution in [-0.2, 0) is 0 Å². The molecule has 66 valence electrons. The van der Waals surface area contributed by atoms with E-state index in [0.717, 1.165) is 11.4 Å². The number of pyridine rings is 1. The molecule has 0 aromatic carbocycles. The molecule has 0 bridgehead atoms. The molecule has 0 atom stereocenters. The molecule has 0 saturated heterocycles. The Labute approximate surface area is 78.4 Å². The lowest BCUT2D eigenvalue weighted by Crippen LogP contribution is -1.98. The van der Waals surface area contributed by atoms with Crippen molar-refractivity contribution in [3.63, 3.8) is 0 Å². The fourth-order valence-electron chi connectivity index (χ4n) is 0.965. The van der Waals surface area contributed by atoms with Gasteiger partial charge in [-0.3, -0.25) is 9.98 Å². The van der Waals surface area contributed by atoms with Crippen molar-refractivity contribution in [2.75, 3.05) is 0 Å². The van der Waals surface area contributed by atoms with E-state index in [-0.39, 0.29) is 0 Å². The summed E-state index contributed by atoms with van der Waals surface area (Å²) in [6, 6.07) is 5.73. The van der Waals surface area contributed by atoms with Crippen LogP contribution in [0.3, 0.4) is 0 Å². The Balaban J connectivity index is 3.03. The van der Waals surface area contributed by atoms with E-state index in [0.29, 0.717) is 0 Å². The Morgan fingerprint density at radius 2 is 2.38 bits per heavy atom. The third-order valence-electron chi connectivity index (χ3n) is 1.48. The smallest absolute Gasteiger partial charge is 0.0885 e. The van der Waals surface area contributed by atoms with Gasteiger partial charge in [0, 0.05) is 12.4 Å². The maximum Gasteiger partial charge on any atom is 0.0885 e. The Kier molecular flexibility index (Phi) is 3.64. The summed E-state index contributed by atoms with van der Waals surface area (Å²) < 4.78 is 0. The zero-order valence-corrected chi connectivity index (χ0v) is 7.64. The molecule has 0 saturated carbocycles. The molecular weight excluding hydrogens is 160 g/mol. The van der Waals surface area contributed by atoms with Gasteiger partial charge in [-0.05, 0) is 25.1 Å². The summed E-state index contributed by atoms with van der Waals surface area (Å²) in [5.74, 6) is 0. The normalized spacial score (nSPS) is 11.9. The molecule has 1 rings (SSSR count). The van der Waals surface area contributed by atoms with E-state index in [4.69, 9.17) is 0 Å². The van der Waals surface area contributed by atoms with Crippen LogP contribution in [0.25, 0.3) is 0 Å². The van der Waals surface area contributed by atoms with E-state index in [2.05, 4.69) is 16.6 Å². The largest absolute Gasteiger partial charge is 0.255 e. The Bertz CT molecular complexity index is 323. The molecule has 0 aliphatic heterocycles. The molecule has 2 heteroatoms. The first-order valence-corrected chi connectivity index (χ1v) is 4.11. The summed E-state index contributed by atoms with van der Waals surface area (Å²) in [4.78, 5) is 8.30. The molecule has 1 aromatic heterocycles. The van der Waals surface area contributed by atoms with Crippen LogP contribution in [0.2, 0.25) is 0 Å². The summed E-state index contributed by atoms with van der Waals surface area (Å²) in [5.41, 5.74) is 1.69. The molecule has 0 amide bonds. The summed E-state index contributed by atoms with van der Waals surface area (Å²) in [6.45, 7) is 5.51. The van der Waals surface area contributed by atoms with Crippen LogP contribution in [0.15, 0.2) is 54.3 Å². The monoisotopic (exact) mass is 172 g/mol. The minimum absolute atomic E-state index is 0.832. The molecule has 2 nitrogen and oxygen atoms in total. The molecule has 0 fully saturated rings. The van der Waals surface area contributed by atoms with E-state index < -0.39 is 0 Å². The Morgan fingerprint density at radius 3 is 2.92 bits per heavy atom. The standard InChI is InChI=1S/C11H12N2/c1-3-7-10(12-4-2)11-8-5-6-9-13-11/h3-9H,2H2,1H3/b7-3-,12-10?. The van der Waals surface area contributed by atoms with Crippen molar-refractivity contribution < 1.29 is 0 Å². The molecule has 0 aliphatic carbocycles. The van der Waals surface area contributed by atoms with E-state index in [9.17, 15) is 0 Å². The molecule has 1 aromatic rings. The number of nitrogens with zero attached hydrogens (tertiary/aromatic N) is 2. The maximum atomic E-state index is 4.19. The van der Waals surface area contributed by atoms with Crippen molar-refractivity contribution in [3.05, 3.63) is 55.0 Å². The predicted molar refractivity (Wildman–Crippen MR) is 55.8 cm³/mol. The highest BCUT2D eigenvalue weighted by Gasteiger charge is 1.97. The lowest BCUT2D eigenvalue weighted by atomic mass is 10.2. The molecular formula is C11H12N2. The predicted octanol–water partition coefficient (Wildman–Crippen LogP) is 2.59. The van der Waals surface area contributed by atoms with Gasteiger partial charge in [0.05, 0.1) is 11.4 Å². The highest BCUT2D eigenvalue weighted by Crippen LogP contribution is 1.98. The van der Waals surface area contributed by atoms with Gasteiger partial charge in [0.2, 0.25) is 0 Å². The zero-order valence-electron chi connectivity index (χ0n) is 7.64. The van der Waals surface area contributed by atoms with Gasteiger partial charge in [-0.1, -0.05) is 18.7 Å². The highest BCUT2D eigenvalue weighted by molar-refractivity contribution is 6.07. The van der Waals surface area contributed by atoms with Crippen molar-refractivity contribution in [2.24, 2.45) is 4.99 Å². The number of rotatable bonds is 3. The first kappa shape index (κ1) is 9.39. The van der Waals surface area contributed by atoms with Gasteiger partial charge in [0.25, 0.3) is 0 Å². The van der Waals surface area contributed by atoms with Crippen LogP contribution in [0.5, 0.6) is 0 Å². The van der Waals surface area contributed by atoms with Crippen molar-refractivity contribution in [1.82, 2.24) is 4.98 Å². The highest BCUT2D eigenvalue weighted by atomic mass is 14.8. The van der Waals surface area contributed by atoms with Gasteiger partial charge < -0.3 is 0 Å². The van der Waals surface area contributed by atoms with Crippen LogP contribution < -0.4 is 0 Å². The van der Waals surface area contributed by atoms with Crippen LogP contribution in [0, 0.1) is 0 Å². The number of hydrogen-bond acceptors (Lipinski definition) is 2. The van der Waals surface area contributed by atoms with Crippen LogP contribution in [0.4, 0.5) is 0 Å². The van der Waals surface area contributed by atoms with Gasteiger partial charge in [-0.15, -0.1) is 0 Å². The number of hydrogen-bond donors (Lipinski definition) is 0. The molecule has 0 spiro atoms. The minimum atomic E-state index is 0.832. The third-order valence-corrected chi connectivity index (χ3v) is 1.48. The summed E-state index contributed by atoms with van der Waals surface area (Å²) in [6.07, 6.45) is 7.10. The van der Waals surface area contributed by atoms with E-state index in [1.807, 2.05) is 37.3 Å². The van der Waals surface area contributed by atoms with Crippen LogP contribution in [0.1, 0.15) is 12.6 Å². The van der Waals surface area contributed by atoms with Gasteiger partial charge in [-0.25, -0.2) is 0 Å². The van der Waals surface area contributed by atoms with E-state index in [1.54, 1.807) is 6.20 Å². The molecule has 0 aliphatic rings. The lowest BCUT2D eigenvalue weighted by Gasteiger charge is -1.97. The summed E-state index contributed by atoms with van der Waals surface area (Å²) in [5, 5.41) is 0. The fourth-order valence-corrected chi connectivity index (χ4v) is 0.965. The lowest BCUT2D eigenvalue weighted by molar-refractivity contribution is 1.29. The van der Waals surface area contributed by atoms with E-state index in [1.165, 1.54) is 6.20 Å². The minimum Gasteiger partial charge on any atom is -0.255 e. The number of allylic oxidation sites excluding steroid dienone is 2. The number of aliphatic imine (C=N–C) groups is 1.